The van der Waals surface area contributed by atoms with Gasteiger partial charge in [-0.05, 0) is 43.8 Å². The number of nitrogens with zero attached hydrogens (tertiary/aromatic N) is 2. The summed E-state index contributed by atoms with van der Waals surface area (Å²) in [7, 11) is 0. The number of aromatic amines is 1. The Kier molecular flexibility index (Phi) is 5.28. The molecule has 1 aliphatic rings. The molecule has 22 heavy (non-hydrogen) atoms. The van der Waals surface area contributed by atoms with E-state index in [2.05, 4.69) is 57.3 Å². The van der Waals surface area contributed by atoms with Gasteiger partial charge < -0.3 is 4.90 Å². The number of rotatable bonds is 4. The molecule has 0 atom stereocenters. The first-order valence-corrected chi connectivity index (χ1v) is 8.14. The van der Waals surface area contributed by atoms with Crippen molar-refractivity contribution >= 4 is 0 Å². The van der Waals surface area contributed by atoms with Crippen LogP contribution in [0, 0.1) is 17.8 Å². The maximum atomic E-state index is 3.90. The van der Waals surface area contributed by atoms with Crippen LogP contribution in [-0.4, -0.2) is 34.7 Å². The summed E-state index contributed by atoms with van der Waals surface area (Å²) in [6, 6.07) is 10.9. The predicted molar refractivity (Wildman–Crippen MR) is 89.4 cm³/mol. The Morgan fingerprint density at radius 2 is 2.00 bits per heavy atom. The van der Waals surface area contributed by atoms with Crippen molar-refractivity contribution in [2.45, 2.75) is 25.7 Å². The Labute approximate surface area is 132 Å². The van der Waals surface area contributed by atoms with Gasteiger partial charge >= 0.3 is 0 Å². The minimum absolute atomic E-state index is 0.843. The Hall–Kier alpha value is -2.05. The Morgan fingerprint density at radius 1 is 1.18 bits per heavy atom. The molecule has 1 aromatic carbocycles. The normalized spacial score (nSPS) is 16.2. The van der Waals surface area contributed by atoms with Gasteiger partial charge in [-0.1, -0.05) is 42.2 Å². The molecule has 1 saturated heterocycles. The summed E-state index contributed by atoms with van der Waals surface area (Å²) in [4.78, 5) is 2.55. The molecule has 3 nitrogen and oxygen atoms in total. The lowest BCUT2D eigenvalue weighted by atomic mass is 9.90. The largest absolute Gasteiger partial charge is 0.302 e. The molecule has 0 unspecified atom stereocenters. The fourth-order valence-electron chi connectivity index (χ4n) is 3.06. The van der Waals surface area contributed by atoms with Gasteiger partial charge in [0.15, 0.2) is 0 Å². The second-order valence-electron chi connectivity index (χ2n) is 6.01. The fourth-order valence-corrected chi connectivity index (χ4v) is 3.06. The van der Waals surface area contributed by atoms with Crippen molar-refractivity contribution in [2.75, 3.05) is 19.6 Å². The van der Waals surface area contributed by atoms with Gasteiger partial charge in [0.1, 0.15) is 0 Å². The van der Waals surface area contributed by atoms with Crippen LogP contribution in [0.15, 0.2) is 42.7 Å². The van der Waals surface area contributed by atoms with Gasteiger partial charge in [-0.3, -0.25) is 5.10 Å². The highest BCUT2D eigenvalue weighted by molar-refractivity contribution is 5.29. The molecule has 3 heteroatoms. The smallest absolute Gasteiger partial charge is 0.0644 e. The van der Waals surface area contributed by atoms with Crippen molar-refractivity contribution < 1.29 is 0 Å². The first kappa shape index (κ1) is 14.9. The number of aromatic nitrogens is 2. The Bertz CT molecular complexity index is 599. The summed E-state index contributed by atoms with van der Waals surface area (Å²) in [5.41, 5.74) is 2.45. The number of piperidine rings is 1. The van der Waals surface area contributed by atoms with Crippen molar-refractivity contribution in [1.82, 2.24) is 15.1 Å². The molecule has 0 radical (unpaired) electrons. The molecule has 2 aromatic rings. The van der Waals surface area contributed by atoms with E-state index in [1.807, 2.05) is 6.20 Å². The average molecular weight is 293 g/mol. The first-order valence-electron chi connectivity index (χ1n) is 8.14. The molecule has 0 spiro atoms. The first-order chi connectivity index (χ1) is 10.9. The number of hydrogen-bond donors (Lipinski definition) is 1. The molecule has 3 rings (SSSR count). The standard InChI is InChI=1S/C19H23N3/c1-2-6-17(7-3-1)14-18-9-12-22(13-10-18)11-5-4-8-19-15-20-21-16-19/h1-3,6-7,15-16,18H,5,9-14H2,(H,20,21). The zero-order valence-electron chi connectivity index (χ0n) is 13.0. The number of likely N-dealkylation sites (tertiary alicyclic amines) is 1. The van der Waals surface area contributed by atoms with Crippen molar-refractivity contribution in [3.63, 3.8) is 0 Å². The highest BCUT2D eigenvalue weighted by Gasteiger charge is 2.18. The van der Waals surface area contributed by atoms with Crippen LogP contribution in [0.4, 0.5) is 0 Å². The Balaban J connectivity index is 1.37. The summed E-state index contributed by atoms with van der Waals surface area (Å²) in [6.07, 6.45) is 8.39. The zero-order chi connectivity index (χ0) is 15.0. The van der Waals surface area contributed by atoms with Crippen molar-refractivity contribution in [2.24, 2.45) is 5.92 Å². The van der Waals surface area contributed by atoms with Gasteiger partial charge in [-0.2, -0.15) is 5.10 Å². The van der Waals surface area contributed by atoms with Crippen LogP contribution in [-0.2, 0) is 6.42 Å². The van der Waals surface area contributed by atoms with E-state index < -0.39 is 0 Å². The summed E-state index contributed by atoms with van der Waals surface area (Å²) in [5.74, 6) is 7.21. The summed E-state index contributed by atoms with van der Waals surface area (Å²) >= 11 is 0. The van der Waals surface area contributed by atoms with Crippen LogP contribution >= 0.6 is 0 Å². The molecule has 1 N–H and O–H groups in total. The molecular formula is C19H23N3. The lowest BCUT2D eigenvalue weighted by Crippen LogP contribution is -2.34. The number of benzene rings is 1. The second kappa shape index (κ2) is 7.82. The Morgan fingerprint density at radius 3 is 2.73 bits per heavy atom. The molecule has 114 valence electrons. The third-order valence-electron chi connectivity index (χ3n) is 4.36. The topological polar surface area (TPSA) is 31.9 Å². The van der Waals surface area contributed by atoms with E-state index in [0.717, 1.165) is 24.4 Å². The van der Waals surface area contributed by atoms with Gasteiger partial charge in [0.25, 0.3) is 0 Å². The third kappa shape index (κ3) is 4.47. The van der Waals surface area contributed by atoms with Gasteiger partial charge in [0, 0.05) is 19.2 Å². The van der Waals surface area contributed by atoms with Gasteiger partial charge in [-0.25, -0.2) is 0 Å². The molecule has 2 heterocycles. The maximum Gasteiger partial charge on any atom is 0.0644 e. The van der Waals surface area contributed by atoms with Crippen LogP contribution in [0.1, 0.15) is 30.4 Å². The average Bonchev–Trinajstić information content (AvgIpc) is 3.07. The molecule has 0 amide bonds. The SMILES string of the molecule is C(#Cc1cn[nH]c1)CCN1CCC(Cc2ccccc2)CC1. The van der Waals surface area contributed by atoms with Crippen LogP contribution in [0.5, 0.6) is 0 Å². The molecule has 0 saturated carbocycles. The minimum Gasteiger partial charge on any atom is -0.302 e. The highest BCUT2D eigenvalue weighted by atomic mass is 15.1. The van der Waals surface area contributed by atoms with Crippen molar-refractivity contribution in [1.29, 1.82) is 0 Å². The summed E-state index contributed by atoms with van der Waals surface area (Å²) in [5, 5.41) is 6.68. The monoisotopic (exact) mass is 293 g/mol. The van der Waals surface area contributed by atoms with E-state index in [4.69, 9.17) is 0 Å². The molecule has 1 aromatic heterocycles. The molecule has 1 aliphatic heterocycles. The number of hydrogen-bond acceptors (Lipinski definition) is 2. The predicted octanol–water partition coefficient (Wildman–Crippen LogP) is 3.11. The van der Waals surface area contributed by atoms with Crippen LogP contribution < -0.4 is 0 Å². The third-order valence-corrected chi connectivity index (χ3v) is 4.36. The quantitative estimate of drug-likeness (QED) is 0.878. The molecule has 0 aliphatic carbocycles. The van der Waals surface area contributed by atoms with Crippen LogP contribution in [0.2, 0.25) is 0 Å². The van der Waals surface area contributed by atoms with Crippen molar-refractivity contribution in [3.05, 3.63) is 53.9 Å². The lowest BCUT2D eigenvalue weighted by molar-refractivity contribution is 0.187. The zero-order valence-corrected chi connectivity index (χ0v) is 13.0. The summed E-state index contributed by atoms with van der Waals surface area (Å²) < 4.78 is 0. The maximum absolute atomic E-state index is 3.90. The van der Waals surface area contributed by atoms with Gasteiger partial charge in [0.05, 0.1) is 11.8 Å². The van der Waals surface area contributed by atoms with Crippen LogP contribution in [0.25, 0.3) is 0 Å². The van der Waals surface area contributed by atoms with E-state index in [1.54, 1.807) is 6.20 Å². The molecule has 0 bridgehead atoms. The molecule has 1 fully saturated rings. The van der Waals surface area contributed by atoms with E-state index in [0.29, 0.717) is 0 Å². The second-order valence-corrected chi connectivity index (χ2v) is 6.01. The number of nitrogens with one attached hydrogen (secondary N) is 1. The van der Waals surface area contributed by atoms with Gasteiger partial charge in [0.2, 0.25) is 0 Å². The van der Waals surface area contributed by atoms with E-state index in [-0.39, 0.29) is 0 Å². The lowest BCUT2D eigenvalue weighted by Gasteiger charge is -2.31. The molecular weight excluding hydrogens is 270 g/mol. The fraction of sp³-hybridized carbons (Fsp3) is 0.421. The highest BCUT2D eigenvalue weighted by Crippen LogP contribution is 2.21. The van der Waals surface area contributed by atoms with Crippen molar-refractivity contribution in [3.8, 4) is 11.8 Å². The van der Waals surface area contributed by atoms with E-state index >= 15 is 0 Å². The number of H-pyrrole nitrogens is 1. The minimum atomic E-state index is 0.843. The summed E-state index contributed by atoms with van der Waals surface area (Å²) in [6.45, 7) is 3.51. The van der Waals surface area contributed by atoms with Crippen LogP contribution in [0.3, 0.4) is 0 Å². The van der Waals surface area contributed by atoms with Gasteiger partial charge in [-0.15, -0.1) is 0 Å². The van der Waals surface area contributed by atoms with E-state index in [1.165, 1.54) is 37.9 Å². The van der Waals surface area contributed by atoms with E-state index in [9.17, 15) is 0 Å².